The smallest absolute Gasteiger partial charge is 0.258 e. The second kappa shape index (κ2) is 5.74. The van der Waals surface area contributed by atoms with Gasteiger partial charge in [-0.1, -0.05) is 12.1 Å². The lowest BCUT2D eigenvalue weighted by Gasteiger charge is -2.32. The zero-order chi connectivity index (χ0) is 13.9. The minimum absolute atomic E-state index is 0.0949. The molecule has 1 amide bonds. The average molecular weight is 261 g/mol. The number of hydrogen-bond donors (Lipinski definition) is 0. The van der Waals surface area contributed by atoms with Crippen LogP contribution in [0.25, 0.3) is 0 Å². The summed E-state index contributed by atoms with van der Waals surface area (Å²) in [5.74, 6) is 0.0949. The largest absolute Gasteiger partial charge is 0.365 e. The van der Waals surface area contributed by atoms with Gasteiger partial charge in [0.25, 0.3) is 5.91 Å². The molecule has 0 radical (unpaired) electrons. The SMILES string of the molecule is CCOC1(C(=O)N(C)c2cccc(C)c2)CCCC1. The van der Waals surface area contributed by atoms with Crippen LogP contribution in [0.4, 0.5) is 5.69 Å². The van der Waals surface area contributed by atoms with Gasteiger partial charge in [-0.25, -0.2) is 0 Å². The lowest BCUT2D eigenvalue weighted by molar-refractivity contribution is -0.142. The first-order valence-electron chi connectivity index (χ1n) is 7.08. The van der Waals surface area contributed by atoms with E-state index >= 15 is 0 Å². The molecule has 104 valence electrons. The molecule has 0 unspecified atom stereocenters. The molecule has 1 aliphatic carbocycles. The first-order valence-corrected chi connectivity index (χ1v) is 7.08. The van der Waals surface area contributed by atoms with Gasteiger partial charge in [0.15, 0.2) is 0 Å². The standard InChI is InChI=1S/C16H23NO2/c1-4-19-16(10-5-6-11-16)15(18)17(3)14-9-7-8-13(2)12-14/h7-9,12H,4-6,10-11H2,1-3H3. The number of hydrogen-bond acceptors (Lipinski definition) is 2. The number of anilines is 1. The third kappa shape index (κ3) is 2.81. The highest BCUT2D eigenvalue weighted by Gasteiger charge is 2.43. The van der Waals surface area contributed by atoms with Gasteiger partial charge in [0.1, 0.15) is 5.60 Å². The molecule has 1 aliphatic rings. The highest BCUT2D eigenvalue weighted by atomic mass is 16.5. The molecule has 1 saturated carbocycles. The summed E-state index contributed by atoms with van der Waals surface area (Å²) in [5.41, 5.74) is 1.51. The summed E-state index contributed by atoms with van der Waals surface area (Å²) < 4.78 is 5.83. The molecule has 0 saturated heterocycles. The Kier molecular flexibility index (Phi) is 4.25. The van der Waals surface area contributed by atoms with E-state index in [1.165, 1.54) is 0 Å². The normalized spacial score (nSPS) is 17.4. The summed E-state index contributed by atoms with van der Waals surface area (Å²) in [6, 6.07) is 8.03. The van der Waals surface area contributed by atoms with Crippen molar-refractivity contribution < 1.29 is 9.53 Å². The lowest BCUT2D eigenvalue weighted by atomic mass is 9.99. The molecule has 2 rings (SSSR count). The van der Waals surface area contributed by atoms with Crippen molar-refractivity contribution in [3.05, 3.63) is 29.8 Å². The Hall–Kier alpha value is -1.35. The van der Waals surface area contributed by atoms with Gasteiger partial charge in [-0.15, -0.1) is 0 Å². The maximum atomic E-state index is 12.8. The van der Waals surface area contributed by atoms with E-state index in [1.54, 1.807) is 4.90 Å². The number of carbonyl (C=O) groups excluding carboxylic acids is 1. The van der Waals surface area contributed by atoms with Crippen molar-refractivity contribution in [2.45, 2.75) is 45.1 Å². The molecular weight excluding hydrogens is 238 g/mol. The van der Waals surface area contributed by atoms with Crippen LogP contribution in [0.1, 0.15) is 38.2 Å². The summed E-state index contributed by atoms with van der Waals surface area (Å²) in [4.78, 5) is 14.5. The predicted octanol–water partition coefficient (Wildman–Crippen LogP) is 3.31. The fraction of sp³-hybridized carbons (Fsp3) is 0.562. The minimum Gasteiger partial charge on any atom is -0.365 e. The molecule has 3 nitrogen and oxygen atoms in total. The molecule has 0 bridgehead atoms. The number of ether oxygens (including phenoxy) is 1. The second-order valence-corrected chi connectivity index (χ2v) is 5.34. The average Bonchev–Trinajstić information content (AvgIpc) is 2.87. The topological polar surface area (TPSA) is 29.5 Å². The summed E-state index contributed by atoms with van der Waals surface area (Å²) in [6.07, 6.45) is 3.84. The Morgan fingerprint density at radius 2 is 2.05 bits per heavy atom. The van der Waals surface area contributed by atoms with Gasteiger partial charge in [-0.05, 0) is 57.2 Å². The van der Waals surface area contributed by atoms with Gasteiger partial charge in [0.05, 0.1) is 0 Å². The minimum atomic E-state index is -0.590. The molecule has 19 heavy (non-hydrogen) atoms. The molecule has 0 spiro atoms. The van der Waals surface area contributed by atoms with Crippen molar-refractivity contribution in [2.24, 2.45) is 0 Å². The van der Waals surface area contributed by atoms with Crippen LogP contribution in [0.3, 0.4) is 0 Å². The maximum absolute atomic E-state index is 12.8. The van der Waals surface area contributed by atoms with Crippen molar-refractivity contribution in [2.75, 3.05) is 18.6 Å². The second-order valence-electron chi connectivity index (χ2n) is 5.34. The Labute approximate surface area is 115 Å². The van der Waals surface area contributed by atoms with Gasteiger partial charge < -0.3 is 9.64 Å². The highest BCUT2D eigenvalue weighted by molar-refractivity contribution is 5.99. The molecule has 1 aromatic rings. The van der Waals surface area contributed by atoms with Crippen LogP contribution < -0.4 is 4.90 Å². The summed E-state index contributed by atoms with van der Waals surface area (Å²) in [7, 11) is 1.84. The summed E-state index contributed by atoms with van der Waals surface area (Å²) in [6.45, 7) is 4.59. The van der Waals surface area contributed by atoms with Crippen LogP contribution in [0.15, 0.2) is 24.3 Å². The van der Waals surface area contributed by atoms with E-state index in [2.05, 4.69) is 0 Å². The van der Waals surface area contributed by atoms with Crippen LogP contribution in [0, 0.1) is 6.92 Å². The zero-order valence-electron chi connectivity index (χ0n) is 12.1. The third-order valence-electron chi connectivity index (χ3n) is 3.92. The Morgan fingerprint density at radius 1 is 1.37 bits per heavy atom. The molecule has 0 heterocycles. The molecule has 0 atom stereocenters. The number of aryl methyl sites for hydroxylation is 1. The number of nitrogens with zero attached hydrogens (tertiary/aromatic N) is 1. The van der Waals surface area contributed by atoms with Crippen LogP contribution in [-0.4, -0.2) is 25.2 Å². The fourth-order valence-corrected chi connectivity index (χ4v) is 2.90. The van der Waals surface area contributed by atoms with E-state index in [4.69, 9.17) is 4.74 Å². The number of carbonyl (C=O) groups is 1. The van der Waals surface area contributed by atoms with E-state index in [1.807, 2.05) is 45.2 Å². The van der Waals surface area contributed by atoms with Crippen molar-refractivity contribution >= 4 is 11.6 Å². The van der Waals surface area contributed by atoms with Gasteiger partial charge in [0, 0.05) is 19.3 Å². The maximum Gasteiger partial charge on any atom is 0.258 e. The fourth-order valence-electron chi connectivity index (χ4n) is 2.90. The predicted molar refractivity (Wildman–Crippen MR) is 77.4 cm³/mol. The summed E-state index contributed by atoms with van der Waals surface area (Å²) in [5, 5.41) is 0. The van der Waals surface area contributed by atoms with E-state index < -0.39 is 5.60 Å². The first-order chi connectivity index (χ1) is 9.09. The monoisotopic (exact) mass is 261 g/mol. The molecular formula is C16H23NO2. The van der Waals surface area contributed by atoms with Crippen LogP contribution in [-0.2, 0) is 9.53 Å². The van der Waals surface area contributed by atoms with Crippen molar-refractivity contribution in [1.29, 1.82) is 0 Å². The third-order valence-corrected chi connectivity index (χ3v) is 3.92. The van der Waals surface area contributed by atoms with Crippen molar-refractivity contribution in [1.82, 2.24) is 0 Å². The van der Waals surface area contributed by atoms with Gasteiger partial charge >= 0.3 is 0 Å². The summed E-state index contributed by atoms with van der Waals surface area (Å²) >= 11 is 0. The number of likely N-dealkylation sites (N-methyl/N-ethyl adjacent to an activating group) is 1. The van der Waals surface area contributed by atoms with Crippen LogP contribution >= 0.6 is 0 Å². The first kappa shape index (κ1) is 14.1. The van der Waals surface area contributed by atoms with E-state index in [-0.39, 0.29) is 5.91 Å². The molecule has 0 N–H and O–H groups in total. The number of benzene rings is 1. The van der Waals surface area contributed by atoms with Crippen LogP contribution in [0.2, 0.25) is 0 Å². The van der Waals surface area contributed by atoms with E-state index in [0.29, 0.717) is 6.61 Å². The molecule has 3 heteroatoms. The quantitative estimate of drug-likeness (QED) is 0.832. The number of amides is 1. The molecule has 0 aromatic heterocycles. The van der Waals surface area contributed by atoms with Crippen LogP contribution in [0.5, 0.6) is 0 Å². The Balaban J connectivity index is 2.22. The Bertz CT molecular complexity index is 450. The molecule has 1 fully saturated rings. The van der Waals surface area contributed by atoms with E-state index in [9.17, 15) is 4.79 Å². The molecule has 0 aliphatic heterocycles. The molecule has 1 aromatic carbocycles. The van der Waals surface area contributed by atoms with Gasteiger partial charge in [0.2, 0.25) is 0 Å². The highest BCUT2D eigenvalue weighted by Crippen LogP contribution is 2.35. The van der Waals surface area contributed by atoms with Gasteiger partial charge in [-0.3, -0.25) is 4.79 Å². The van der Waals surface area contributed by atoms with Gasteiger partial charge in [-0.2, -0.15) is 0 Å². The van der Waals surface area contributed by atoms with E-state index in [0.717, 1.165) is 36.9 Å². The lowest BCUT2D eigenvalue weighted by Crippen LogP contribution is -2.48. The Morgan fingerprint density at radius 3 is 2.63 bits per heavy atom. The van der Waals surface area contributed by atoms with Crippen molar-refractivity contribution in [3.63, 3.8) is 0 Å². The van der Waals surface area contributed by atoms with Crippen molar-refractivity contribution in [3.8, 4) is 0 Å². The number of rotatable bonds is 4. The zero-order valence-corrected chi connectivity index (χ0v) is 12.1.